The zero-order valence-corrected chi connectivity index (χ0v) is 10.6. The van der Waals surface area contributed by atoms with E-state index in [-0.39, 0.29) is 11.4 Å². The normalized spacial score (nSPS) is 16.3. The third-order valence-corrected chi connectivity index (χ3v) is 3.36. The van der Waals surface area contributed by atoms with Crippen LogP contribution in [-0.2, 0) is 0 Å². The number of nitrogens with zero attached hydrogens (tertiary/aromatic N) is 1. The van der Waals surface area contributed by atoms with Crippen LogP contribution < -0.4 is 10.1 Å². The van der Waals surface area contributed by atoms with E-state index >= 15 is 0 Å². The number of piperidine rings is 1. The summed E-state index contributed by atoms with van der Waals surface area (Å²) in [5.41, 5.74) is -0.315. The van der Waals surface area contributed by atoms with Crippen LogP contribution in [0.25, 0.3) is 0 Å². The van der Waals surface area contributed by atoms with Crippen molar-refractivity contribution in [1.29, 1.82) is 0 Å². The predicted molar refractivity (Wildman–Crippen MR) is 68.8 cm³/mol. The number of rotatable bonds is 5. The Morgan fingerprint density at radius 3 is 2.84 bits per heavy atom. The molecule has 0 radical (unpaired) electrons. The Labute approximate surface area is 110 Å². The SMILES string of the molecule is O=[N+]([O-])c1cc(F)ccc1OCCC1CCNCC1. The van der Waals surface area contributed by atoms with E-state index in [0.29, 0.717) is 12.5 Å². The number of hydrogen-bond acceptors (Lipinski definition) is 4. The van der Waals surface area contributed by atoms with Crippen molar-refractivity contribution in [3.63, 3.8) is 0 Å². The van der Waals surface area contributed by atoms with Gasteiger partial charge in [-0.3, -0.25) is 10.1 Å². The molecule has 0 aliphatic carbocycles. The van der Waals surface area contributed by atoms with E-state index in [0.717, 1.165) is 38.4 Å². The van der Waals surface area contributed by atoms with Gasteiger partial charge in [-0.15, -0.1) is 0 Å². The molecule has 6 heteroatoms. The average Bonchev–Trinajstić information content (AvgIpc) is 2.41. The fraction of sp³-hybridized carbons (Fsp3) is 0.538. The highest BCUT2D eigenvalue weighted by atomic mass is 19.1. The molecule has 1 aliphatic rings. The van der Waals surface area contributed by atoms with Gasteiger partial charge >= 0.3 is 5.69 Å². The number of nitro benzene ring substituents is 1. The van der Waals surface area contributed by atoms with E-state index in [4.69, 9.17) is 4.74 Å². The summed E-state index contributed by atoms with van der Waals surface area (Å²) < 4.78 is 18.4. The summed E-state index contributed by atoms with van der Waals surface area (Å²) in [5, 5.41) is 14.1. The largest absolute Gasteiger partial charge is 0.487 e. The van der Waals surface area contributed by atoms with E-state index in [2.05, 4.69) is 5.32 Å². The van der Waals surface area contributed by atoms with Gasteiger partial charge in [0.1, 0.15) is 5.82 Å². The summed E-state index contributed by atoms with van der Waals surface area (Å²) in [5.74, 6) is 0.110. The second-order valence-electron chi connectivity index (χ2n) is 4.70. The van der Waals surface area contributed by atoms with Crippen molar-refractivity contribution < 1.29 is 14.1 Å². The average molecular weight is 268 g/mol. The summed E-state index contributed by atoms with van der Waals surface area (Å²) >= 11 is 0. The first-order chi connectivity index (χ1) is 9.16. The zero-order chi connectivity index (χ0) is 13.7. The van der Waals surface area contributed by atoms with Gasteiger partial charge in [0, 0.05) is 0 Å². The smallest absolute Gasteiger partial charge is 0.313 e. The Balaban J connectivity index is 1.89. The molecule has 0 bridgehead atoms. The first-order valence-electron chi connectivity index (χ1n) is 6.44. The lowest BCUT2D eigenvalue weighted by Gasteiger charge is -2.22. The molecule has 1 fully saturated rings. The monoisotopic (exact) mass is 268 g/mol. The van der Waals surface area contributed by atoms with Gasteiger partial charge in [0.2, 0.25) is 0 Å². The Bertz CT molecular complexity index is 448. The van der Waals surface area contributed by atoms with Gasteiger partial charge in [-0.2, -0.15) is 0 Å². The first-order valence-corrected chi connectivity index (χ1v) is 6.44. The molecule has 1 aromatic carbocycles. The van der Waals surface area contributed by atoms with Crippen molar-refractivity contribution in [3.8, 4) is 5.75 Å². The fourth-order valence-electron chi connectivity index (χ4n) is 2.26. The van der Waals surface area contributed by atoms with E-state index in [1.807, 2.05) is 0 Å². The molecule has 0 unspecified atom stereocenters. The van der Waals surface area contributed by atoms with Gasteiger partial charge in [-0.25, -0.2) is 4.39 Å². The lowest BCUT2D eigenvalue weighted by atomic mass is 9.95. The van der Waals surface area contributed by atoms with Gasteiger partial charge in [0.15, 0.2) is 5.75 Å². The highest BCUT2D eigenvalue weighted by Crippen LogP contribution is 2.28. The van der Waals surface area contributed by atoms with Gasteiger partial charge < -0.3 is 10.1 Å². The van der Waals surface area contributed by atoms with Gasteiger partial charge in [0.05, 0.1) is 17.6 Å². The van der Waals surface area contributed by atoms with Gasteiger partial charge in [-0.1, -0.05) is 0 Å². The minimum atomic E-state index is -0.627. The molecule has 1 aliphatic heterocycles. The first kappa shape index (κ1) is 13.7. The molecule has 19 heavy (non-hydrogen) atoms. The minimum absolute atomic E-state index is 0.139. The van der Waals surface area contributed by atoms with Crippen LogP contribution in [0.2, 0.25) is 0 Å². The third kappa shape index (κ3) is 3.89. The van der Waals surface area contributed by atoms with Crippen LogP contribution in [0.1, 0.15) is 19.3 Å². The van der Waals surface area contributed by atoms with Crippen LogP contribution in [0, 0.1) is 21.8 Å². The standard InChI is InChI=1S/C13H17FN2O3/c14-11-1-2-13(12(9-11)16(17)18)19-8-5-10-3-6-15-7-4-10/h1-2,9-10,15H,3-8H2. The van der Waals surface area contributed by atoms with Crippen molar-refractivity contribution in [1.82, 2.24) is 5.32 Å². The molecule has 1 N–H and O–H groups in total. The summed E-state index contributed by atoms with van der Waals surface area (Å²) in [6, 6.07) is 3.38. The molecule has 0 spiro atoms. The molecule has 0 aromatic heterocycles. The Kier molecular flexibility index (Phi) is 4.68. The molecule has 1 heterocycles. The van der Waals surface area contributed by atoms with E-state index in [1.54, 1.807) is 0 Å². The number of benzene rings is 1. The second-order valence-corrected chi connectivity index (χ2v) is 4.70. The number of ether oxygens (including phenoxy) is 1. The molecule has 0 amide bonds. The van der Waals surface area contributed by atoms with Crippen molar-refractivity contribution in [2.75, 3.05) is 19.7 Å². The molecule has 0 saturated carbocycles. The molecule has 5 nitrogen and oxygen atoms in total. The molecular weight excluding hydrogens is 251 g/mol. The minimum Gasteiger partial charge on any atom is -0.487 e. The lowest BCUT2D eigenvalue weighted by Crippen LogP contribution is -2.28. The quantitative estimate of drug-likeness (QED) is 0.658. The highest BCUT2D eigenvalue weighted by molar-refractivity contribution is 5.46. The van der Waals surface area contributed by atoms with Gasteiger partial charge in [-0.05, 0) is 50.4 Å². The Morgan fingerprint density at radius 2 is 2.16 bits per heavy atom. The van der Waals surface area contributed by atoms with Crippen LogP contribution in [-0.4, -0.2) is 24.6 Å². The van der Waals surface area contributed by atoms with Crippen LogP contribution in [0.5, 0.6) is 5.75 Å². The summed E-state index contributed by atoms with van der Waals surface area (Å²) in [6.45, 7) is 2.46. The van der Waals surface area contributed by atoms with E-state index < -0.39 is 10.7 Å². The van der Waals surface area contributed by atoms with E-state index in [9.17, 15) is 14.5 Å². The summed E-state index contributed by atoms with van der Waals surface area (Å²) in [4.78, 5) is 10.2. The number of nitrogens with one attached hydrogen (secondary N) is 1. The van der Waals surface area contributed by atoms with E-state index in [1.165, 1.54) is 12.1 Å². The molecular formula is C13H17FN2O3. The van der Waals surface area contributed by atoms with Crippen LogP contribution >= 0.6 is 0 Å². The third-order valence-electron chi connectivity index (χ3n) is 3.36. The predicted octanol–water partition coefficient (Wildman–Crippen LogP) is 2.50. The maximum absolute atomic E-state index is 13.0. The van der Waals surface area contributed by atoms with Crippen molar-refractivity contribution in [3.05, 3.63) is 34.1 Å². The van der Waals surface area contributed by atoms with Crippen molar-refractivity contribution in [2.24, 2.45) is 5.92 Å². The topological polar surface area (TPSA) is 64.4 Å². The highest BCUT2D eigenvalue weighted by Gasteiger charge is 2.17. The maximum Gasteiger partial charge on any atom is 0.313 e. The second kappa shape index (κ2) is 6.47. The van der Waals surface area contributed by atoms with Crippen molar-refractivity contribution >= 4 is 5.69 Å². The Hall–Kier alpha value is -1.69. The fourth-order valence-corrected chi connectivity index (χ4v) is 2.26. The van der Waals surface area contributed by atoms with Crippen LogP contribution in [0.15, 0.2) is 18.2 Å². The molecule has 1 saturated heterocycles. The molecule has 1 aromatic rings. The van der Waals surface area contributed by atoms with Gasteiger partial charge in [0.25, 0.3) is 0 Å². The van der Waals surface area contributed by atoms with Crippen molar-refractivity contribution in [2.45, 2.75) is 19.3 Å². The summed E-state index contributed by atoms with van der Waals surface area (Å²) in [6.07, 6.45) is 3.08. The molecule has 104 valence electrons. The van der Waals surface area contributed by atoms with Crippen LogP contribution in [0.4, 0.5) is 10.1 Å². The number of halogens is 1. The van der Waals surface area contributed by atoms with Crippen LogP contribution in [0.3, 0.4) is 0 Å². The molecule has 0 atom stereocenters. The number of hydrogen-bond donors (Lipinski definition) is 1. The maximum atomic E-state index is 13.0. The lowest BCUT2D eigenvalue weighted by molar-refractivity contribution is -0.386. The Morgan fingerprint density at radius 1 is 1.42 bits per heavy atom. The summed E-state index contributed by atoms with van der Waals surface area (Å²) in [7, 11) is 0. The number of nitro groups is 1. The zero-order valence-electron chi connectivity index (χ0n) is 10.6. The molecule has 2 rings (SSSR count).